The van der Waals surface area contributed by atoms with E-state index in [0.717, 1.165) is 10.0 Å². The van der Waals surface area contributed by atoms with E-state index in [9.17, 15) is 13.6 Å². The predicted molar refractivity (Wildman–Crippen MR) is 99.7 cm³/mol. The summed E-state index contributed by atoms with van der Waals surface area (Å²) >= 11 is 3.41. The summed E-state index contributed by atoms with van der Waals surface area (Å²) in [4.78, 5) is 13.4. The summed E-state index contributed by atoms with van der Waals surface area (Å²) in [5, 5.41) is 0. The number of halogens is 3. The lowest BCUT2D eigenvalue weighted by atomic mass is 9.89. The second-order valence-corrected chi connectivity index (χ2v) is 7.43. The van der Waals surface area contributed by atoms with Crippen molar-refractivity contribution in [2.75, 3.05) is 32.8 Å². The SMILES string of the molecule is CCOC(=O)CN1CCC(C(F)(F)CCOc2cccc(Br)c2C)CC1. The van der Waals surface area contributed by atoms with E-state index in [1.54, 1.807) is 13.0 Å². The lowest BCUT2D eigenvalue weighted by molar-refractivity contribution is -0.145. The van der Waals surface area contributed by atoms with Gasteiger partial charge in [-0.3, -0.25) is 9.69 Å². The zero-order valence-corrected chi connectivity index (χ0v) is 16.9. The zero-order valence-electron chi connectivity index (χ0n) is 15.3. The molecule has 1 aliphatic heterocycles. The van der Waals surface area contributed by atoms with Crippen molar-refractivity contribution >= 4 is 21.9 Å². The number of ether oxygens (including phenoxy) is 2. The molecule has 0 aromatic heterocycles. The molecule has 0 radical (unpaired) electrons. The maximum atomic E-state index is 14.5. The van der Waals surface area contributed by atoms with Crippen LogP contribution in [0.3, 0.4) is 0 Å². The molecule has 26 heavy (non-hydrogen) atoms. The third-order valence-electron chi connectivity index (χ3n) is 4.75. The zero-order chi connectivity index (χ0) is 19.2. The van der Waals surface area contributed by atoms with Crippen molar-refractivity contribution in [3.63, 3.8) is 0 Å². The lowest BCUT2D eigenvalue weighted by Crippen LogP contribution is -2.43. The average molecular weight is 434 g/mol. The van der Waals surface area contributed by atoms with Gasteiger partial charge in [-0.1, -0.05) is 22.0 Å². The van der Waals surface area contributed by atoms with Gasteiger partial charge in [0.25, 0.3) is 5.92 Å². The van der Waals surface area contributed by atoms with Gasteiger partial charge in [0.05, 0.1) is 19.8 Å². The van der Waals surface area contributed by atoms with Gasteiger partial charge in [-0.2, -0.15) is 0 Å². The molecule has 0 atom stereocenters. The van der Waals surface area contributed by atoms with Crippen LogP contribution in [0.5, 0.6) is 5.75 Å². The number of hydrogen-bond donors (Lipinski definition) is 0. The summed E-state index contributed by atoms with van der Waals surface area (Å²) in [6.45, 7) is 5.12. The van der Waals surface area contributed by atoms with Crippen LogP contribution < -0.4 is 4.74 Å². The molecule has 0 saturated carbocycles. The third kappa shape index (κ3) is 5.91. The first kappa shape index (κ1) is 21.1. The van der Waals surface area contributed by atoms with Crippen molar-refractivity contribution in [2.45, 2.75) is 39.0 Å². The van der Waals surface area contributed by atoms with E-state index >= 15 is 0 Å². The molecular weight excluding hydrogens is 408 g/mol. The molecule has 0 aliphatic carbocycles. The van der Waals surface area contributed by atoms with E-state index in [-0.39, 0.29) is 25.5 Å². The molecule has 0 N–H and O–H groups in total. The fourth-order valence-corrected chi connectivity index (χ4v) is 3.50. The summed E-state index contributed by atoms with van der Waals surface area (Å²) in [6.07, 6.45) is 0.451. The predicted octanol–water partition coefficient (Wildman–Crippen LogP) is 4.44. The van der Waals surface area contributed by atoms with E-state index in [2.05, 4.69) is 15.9 Å². The Morgan fingerprint density at radius 3 is 2.69 bits per heavy atom. The van der Waals surface area contributed by atoms with Crippen LogP contribution in [-0.2, 0) is 9.53 Å². The van der Waals surface area contributed by atoms with Gasteiger partial charge in [0.2, 0.25) is 0 Å². The van der Waals surface area contributed by atoms with Gasteiger partial charge >= 0.3 is 5.97 Å². The van der Waals surface area contributed by atoms with Crippen LogP contribution >= 0.6 is 15.9 Å². The molecule has 7 heteroatoms. The minimum absolute atomic E-state index is 0.0205. The maximum absolute atomic E-state index is 14.5. The highest BCUT2D eigenvalue weighted by Crippen LogP contribution is 2.36. The molecular formula is C19H26BrF2NO3. The molecule has 0 spiro atoms. The van der Waals surface area contributed by atoms with E-state index in [4.69, 9.17) is 9.47 Å². The molecule has 1 aromatic rings. The number of rotatable bonds is 8. The number of nitrogens with zero attached hydrogens (tertiary/aromatic N) is 1. The molecule has 146 valence electrons. The van der Waals surface area contributed by atoms with E-state index in [1.807, 2.05) is 24.0 Å². The summed E-state index contributed by atoms with van der Waals surface area (Å²) in [5.74, 6) is -3.11. The Kier molecular flexibility index (Phi) is 7.83. The number of carbonyl (C=O) groups excluding carboxylic acids is 1. The molecule has 0 amide bonds. The molecule has 1 aliphatic rings. The quantitative estimate of drug-likeness (QED) is 0.568. The monoisotopic (exact) mass is 433 g/mol. The highest BCUT2D eigenvalue weighted by molar-refractivity contribution is 9.10. The normalized spacial score (nSPS) is 16.5. The fraction of sp³-hybridized carbons (Fsp3) is 0.632. The molecule has 1 fully saturated rings. The molecule has 4 nitrogen and oxygen atoms in total. The fourth-order valence-electron chi connectivity index (χ4n) is 3.15. The van der Waals surface area contributed by atoms with Crippen molar-refractivity contribution in [3.8, 4) is 5.75 Å². The minimum Gasteiger partial charge on any atom is -0.493 e. The van der Waals surface area contributed by atoms with Gasteiger partial charge < -0.3 is 9.47 Å². The van der Waals surface area contributed by atoms with E-state index < -0.39 is 11.8 Å². The minimum atomic E-state index is -2.77. The van der Waals surface area contributed by atoms with Gasteiger partial charge in [0.1, 0.15) is 5.75 Å². The molecule has 0 bridgehead atoms. The van der Waals surface area contributed by atoms with Crippen LogP contribution in [0, 0.1) is 12.8 Å². The maximum Gasteiger partial charge on any atom is 0.320 e. The first-order valence-corrected chi connectivity index (χ1v) is 9.76. The molecule has 1 heterocycles. The number of esters is 1. The Bertz CT molecular complexity index is 604. The standard InChI is InChI=1S/C19H26BrF2NO3/c1-3-25-18(24)13-23-10-7-15(8-11-23)19(21,22)9-12-26-17-6-4-5-16(20)14(17)2/h4-6,15H,3,7-13H2,1-2H3. The Hall–Kier alpha value is -1.21. The van der Waals surface area contributed by atoms with Crippen molar-refractivity contribution < 1.29 is 23.0 Å². The van der Waals surface area contributed by atoms with Crippen LogP contribution in [0.1, 0.15) is 31.7 Å². The second kappa shape index (κ2) is 9.65. The van der Waals surface area contributed by atoms with Crippen molar-refractivity contribution in [1.82, 2.24) is 4.90 Å². The smallest absolute Gasteiger partial charge is 0.320 e. The van der Waals surface area contributed by atoms with Gasteiger partial charge in [-0.15, -0.1) is 0 Å². The molecule has 0 unspecified atom stereocenters. The Morgan fingerprint density at radius 1 is 1.35 bits per heavy atom. The number of alkyl halides is 2. The lowest BCUT2D eigenvalue weighted by Gasteiger charge is -2.35. The van der Waals surface area contributed by atoms with E-state index in [1.165, 1.54) is 0 Å². The third-order valence-corrected chi connectivity index (χ3v) is 5.61. The Morgan fingerprint density at radius 2 is 2.04 bits per heavy atom. The largest absolute Gasteiger partial charge is 0.493 e. The van der Waals surface area contributed by atoms with Gasteiger partial charge in [0.15, 0.2) is 0 Å². The van der Waals surface area contributed by atoms with Crippen LogP contribution in [0.15, 0.2) is 22.7 Å². The summed E-state index contributed by atoms with van der Waals surface area (Å²) in [5.41, 5.74) is 0.906. The number of piperidine rings is 1. The number of likely N-dealkylation sites (tertiary alicyclic amines) is 1. The Balaban J connectivity index is 1.78. The first-order chi connectivity index (χ1) is 12.3. The number of benzene rings is 1. The van der Waals surface area contributed by atoms with Crippen LogP contribution in [0.25, 0.3) is 0 Å². The van der Waals surface area contributed by atoms with Crippen molar-refractivity contribution in [2.24, 2.45) is 5.92 Å². The highest BCUT2D eigenvalue weighted by atomic mass is 79.9. The van der Waals surface area contributed by atoms with Gasteiger partial charge in [-0.25, -0.2) is 8.78 Å². The molecule has 2 rings (SSSR count). The van der Waals surface area contributed by atoms with Crippen LogP contribution in [-0.4, -0.2) is 49.6 Å². The summed E-state index contributed by atoms with van der Waals surface area (Å²) in [7, 11) is 0. The molecule has 1 saturated heterocycles. The van der Waals surface area contributed by atoms with Gasteiger partial charge in [0, 0.05) is 22.4 Å². The van der Waals surface area contributed by atoms with Gasteiger partial charge in [-0.05, 0) is 51.9 Å². The first-order valence-electron chi connectivity index (χ1n) is 8.97. The molecule has 1 aromatic carbocycles. The summed E-state index contributed by atoms with van der Waals surface area (Å²) < 4.78 is 40.4. The second-order valence-electron chi connectivity index (χ2n) is 6.58. The van der Waals surface area contributed by atoms with Crippen molar-refractivity contribution in [1.29, 1.82) is 0 Å². The van der Waals surface area contributed by atoms with Crippen LogP contribution in [0.2, 0.25) is 0 Å². The highest BCUT2D eigenvalue weighted by Gasteiger charge is 2.41. The van der Waals surface area contributed by atoms with E-state index in [0.29, 0.717) is 38.3 Å². The number of carbonyl (C=O) groups is 1. The Labute approximate surface area is 162 Å². The topological polar surface area (TPSA) is 38.8 Å². The average Bonchev–Trinajstić information content (AvgIpc) is 2.59. The number of hydrogen-bond acceptors (Lipinski definition) is 4. The van der Waals surface area contributed by atoms with Crippen LogP contribution in [0.4, 0.5) is 8.78 Å². The summed E-state index contributed by atoms with van der Waals surface area (Å²) in [6, 6.07) is 5.50. The van der Waals surface area contributed by atoms with Crippen molar-refractivity contribution in [3.05, 3.63) is 28.2 Å².